The van der Waals surface area contributed by atoms with Crippen molar-refractivity contribution in [2.24, 2.45) is 11.8 Å². The van der Waals surface area contributed by atoms with Crippen LogP contribution in [0.25, 0.3) is 0 Å². The standard InChI is InChI=1S/C17H25F2NO/c1-12(2)9-13-5-3-6-14(10-13)20-15-7-4-8-16(11-15)21-17(18)19/h4,7-8,11-14,17,20H,3,5-6,9-10H2,1-2H3. The molecule has 0 aliphatic heterocycles. The van der Waals surface area contributed by atoms with E-state index in [1.807, 2.05) is 6.07 Å². The van der Waals surface area contributed by atoms with Gasteiger partial charge in [-0.1, -0.05) is 32.8 Å². The van der Waals surface area contributed by atoms with Gasteiger partial charge in [-0.05, 0) is 43.2 Å². The SMILES string of the molecule is CC(C)CC1CCCC(Nc2cccc(OC(F)F)c2)C1. The average Bonchev–Trinajstić information content (AvgIpc) is 2.37. The van der Waals surface area contributed by atoms with Crippen LogP contribution >= 0.6 is 0 Å². The lowest BCUT2D eigenvalue weighted by molar-refractivity contribution is -0.0498. The Morgan fingerprint density at radius 1 is 1.29 bits per heavy atom. The maximum absolute atomic E-state index is 12.2. The summed E-state index contributed by atoms with van der Waals surface area (Å²) in [4.78, 5) is 0. The summed E-state index contributed by atoms with van der Waals surface area (Å²) in [5, 5.41) is 3.47. The second kappa shape index (κ2) is 7.62. The number of hydrogen-bond acceptors (Lipinski definition) is 2. The van der Waals surface area contributed by atoms with Crippen molar-refractivity contribution in [3.8, 4) is 5.75 Å². The molecule has 1 aliphatic carbocycles. The molecular formula is C17H25F2NO. The van der Waals surface area contributed by atoms with Gasteiger partial charge in [-0.2, -0.15) is 8.78 Å². The Kier molecular flexibility index (Phi) is 5.83. The summed E-state index contributed by atoms with van der Waals surface area (Å²) in [5.74, 6) is 1.72. The van der Waals surface area contributed by atoms with E-state index in [-0.39, 0.29) is 5.75 Å². The average molecular weight is 297 g/mol. The largest absolute Gasteiger partial charge is 0.435 e. The summed E-state index contributed by atoms with van der Waals surface area (Å²) in [5.41, 5.74) is 0.864. The summed E-state index contributed by atoms with van der Waals surface area (Å²) in [6.07, 6.45) is 6.13. The van der Waals surface area contributed by atoms with Crippen LogP contribution < -0.4 is 10.1 Å². The van der Waals surface area contributed by atoms with Crippen molar-refractivity contribution in [3.63, 3.8) is 0 Å². The zero-order valence-corrected chi connectivity index (χ0v) is 12.8. The molecule has 0 saturated heterocycles. The number of benzene rings is 1. The first-order valence-electron chi connectivity index (χ1n) is 7.84. The molecule has 1 fully saturated rings. The number of hydrogen-bond donors (Lipinski definition) is 1. The summed E-state index contributed by atoms with van der Waals surface area (Å²) < 4.78 is 28.9. The highest BCUT2D eigenvalue weighted by atomic mass is 19.3. The summed E-state index contributed by atoms with van der Waals surface area (Å²) in [6, 6.07) is 7.29. The minimum atomic E-state index is -2.77. The van der Waals surface area contributed by atoms with Crippen LogP contribution in [0.1, 0.15) is 46.0 Å². The van der Waals surface area contributed by atoms with Gasteiger partial charge in [0.15, 0.2) is 0 Å². The second-order valence-electron chi connectivity index (χ2n) is 6.41. The van der Waals surface area contributed by atoms with E-state index >= 15 is 0 Å². The van der Waals surface area contributed by atoms with Gasteiger partial charge in [0.2, 0.25) is 0 Å². The van der Waals surface area contributed by atoms with Gasteiger partial charge in [0.25, 0.3) is 0 Å². The van der Waals surface area contributed by atoms with Crippen LogP contribution in [-0.2, 0) is 0 Å². The molecule has 1 N–H and O–H groups in total. The maximum atomic E-state index is 12.2. The molecule has 1 saturated carbocycles. The molecule has 2 nitrogen and oxygen atoms in total. The van der Waals surface area contributed by atoms with E-state index in [1.54, 1.807) is 18.2 Å². The van der Waals surface area contributed by atoms with Gasteiger partial charge in [0, 0.05) is 17.8 Å². The fourth-order valence-electron chi connectivity index (χ4n) is 3.30. The van der Waals surface area contributed by atoms with E-state index in [9.17, 15) is 8.78 Å². The van der Waals surface area contributed by atoms with Crippen LogP contribution in [0.2, 0.25) is 0 Å². The van der Waals surface area contributed by atoms with Crippen LogP contribution in [-0.4, -0.2) is 12.7 Å². The topological polar surface area (TPSA) is 21.3 Å². The minimum absolute atomic E-state index is 0.213. The number of nitrogens with one attached hydrogen (secondary N) is 1. The molecule has 0 bridgehead atoms. The van der Waals surface area contributed by atoms with Crippen molar-refractivity contribution < 1.29 is 13.5 Å². The monoisotopic (exact) mass is 297 g/mol. The van der Waals surface area contributed by atoms with Crippen LogP contribution in [0.3, 0.4) is 0 Å². The van der Waals surface area contributed by atoms with Gasteiger partial charge < -0.3 is 10.1 Å². The Morgan fingerprint density at radius 3 is 2.81 bits per heavy atom. The van der Waals surface area contributed by atoms with Crippen molar-refractivity contribution in [2.75, 3.05) is 5.32 Å². The van der Waals surface area contributed by atoms with Crippen LogP contribution in [0.5, 0.6) is 5.75 Å². The van der Waals surface area contributed by atoms with Crippen LogP contribution in [0, 0.1) is 11.8 Å². The zero-order valence-electron chi connectivity index (χ0n) is 12.8. The van der Waals surface area contributed by atoms with E-state index in [0.717, 1.165) is 30.4 Å². The first-order chi connectivity index (χ1) is 10.0. The highest BCUT2D eigenvalue weighted by molar-refractivity contribution is 5.48. The quantitative estimate of drug-likeness (QED) is 0.768. The molecule has 4 heteroatoms. The molecule has 21 heavy (non-hydrogen) atoms. The fourth-order valence-corrected chi connectivity index (χ4v) is 3.30. The van der Waals surface area contributed by atoms with Gasteiger partial charge in [0.1, 0.15) is 5.75 Å². The van der Waals surface area contributed by atoms with E-state index in [4.69, 9.17) is 0 Å². The predicted molar refractivity (Wildman–Crippen MR) is 81.9 cm³/mol. The molecule has 0 heterocycles. The van der Waals surface area contributed by atoms with Crippen molar-refractivity contribution >= 4 is 5.69 Å². The summed E-state index contributed by atoms with van der Waals surface area (Å²) in [6.45, 7) is 1.76. The highest BCUT2D eigenvalue weighted by Gasteiger charge is 2.22. The van der Waals surface area contributed by atoms with Crippen LogP contribution in [0.4, 0.5) is 14.5 Å². The molecule has 0 spiro atoms. The molecule has 2 unspecified atom stereocenters. The van der Waals surface area contributed by atoms with Gasteiger partial charge in [0.05, 0.1) is 0 Å². The Balaban J connectivity index is 1.91. The minimum Gasteiger partial charge on any atom is -0.435 e. The molecule has 1 aromatic rings. The third-order valence-corrected chi connectivity index (χ3v) is 4.02. The lowest BCUT2D eigenvalue weighted by Gasteiger charge is -2.31. The zero-order chi connectivity index (χ0) is 15.2. The van der Waals surface area contributed by atoms with Crippen molar-refractivity contribution in [1.82, 2.24) is 0 Å². The summed E-state index contributed by atoms with van der Waals surface area (Å²) in [7, 11) is 0. The number of rotatable bonds is 6. The molecular weight excluding hydrogens is 272 g/mol. The van der Waals surface area contributed by atoms with Crippen molar-refractivity contribution in [2.45, 2.75) is 58.6 Å². The Hall–Kier alpha value is -1.32. The number of ether oxygens (including phenoxy) is 1. The molecule has 0 aromatic heterocycles. The molecule has 2 atom stereocenters. The van der Waals surface area contributed by atoms with Gasteiger partial charge in [-0.25, -0.2) is 0 Å². The highest BCUT2D eigenvalue weighted by Crippen LogP contribution is 2.31. The second-order valence-corrected chi connectivity index (χ2v) is 6.41. The Morgan fingerprint density at radius 2 is 2.10 bits per heavy atom. The predicted octanol–water partition coefficient (Wildman–Crippen LogP) is 5.30. The number of anilines is 1. The van der Waals surface area contributed by atoms with E-state index in [2.05, 4.69) is 23.9 Å². The van der Waals surface area contributed by atoms with E-state index in [0.29, 0.717) is 6.04 Å². The fraction of sp³-hybridized carbons (Fsp3) is 0.647. The Labute approximate surface area is 125 Å². The van der Waals surface area contributed by atoms with E-state index < -0.39 is 6.61 Å². The molecule has 1 aromatic carbocycles. The van der Waals surface area contributed by atoms with Gasteiger partial charge in [-0.15, -0.1) is 0 Å². The van der Waals surface area contributed by atoms with E-state index in [1.165, 1.54) is 19.3 Å². The first kappa shape index (κ1) is 16.1. The molecule has 0 amide bonds. The Bertz CT molecular complexity index is 437. The third kappa shape index (κ3) is 5.52. The lowest BCUT2D eigenvalue weighted by Crippen LogP contribution is -2.27. The molecule has 118 valence electrons. The normalized spacial score (nSPS) is 22.6. The first-order valence-corrected chi connectivity index (χ1v) is 7.84. The molecule has 2 rings (SSSR count). The number of alkyl halides is 2. The van der Waals surface area contributed by atoms with Crippen LogP contribution in [0.15, 0.2) is 24.3 Å². The molecule has 1 aliphatic rings. The molecule has 0 radical (unpaired) electrons. The summed E-state index contributed by atoms with van der Waals surface area (Å²) >= 11 is 0. The smallest absolute Gasteiger partial charge is 0.387 e. The maximum Gasteiger partial charge on any atom is 0.387 e. The van der Waals surface area contributed by atoms with Crippen molar-refractivity contribution in [3.05, 3.63) is 24.3 Å². The third-order valence-electron chi connectivity index (χ3n) is 4.02. The van der Waals surface area contributed by atoms with Gasteiger partial charge >= 0.3 is 6.61 Å². The number of halogens is 2. The lowest BCUT2D eigenvalue weighted by atomic mass is 9.81. The van der Waals surface area contributed by atoms with Gasteiger partial charge in [-0.3, -0.25) is 0 Å². The van der Waals surface area contributed by atoms with Crippen molar-refractivity contribution in [1.29, 1.82) is 0 Å².